The van der Waals surface area contributed by atoms with E-state index in [0.29, 0.717) is 18.6 Å². The zero-order valence-corrected chi connectivity index (χ0v) is 25.9. The molecule has 0 N–H and O–H groups in total. The Morgan fingerprint density at radius 1 is 0.707 bits per heavy atom. The van der Waals surface area contributed by atoms with Gasteiger partial charge in [-0.25, -0.2) is 0 Å². The van der Waals surface area contributed by atoms with E-state index < -0.39 is 0 Å². The van der Waals surface area contributed by atoms with Gasteiger partial charge in [-0.3, -0.25) is 0 Å². The SMILES string of the molecule is CC(C)(C)c1cccc2c1OCC(CC(C)(C)c1ccc3c(c1)OCCC3CC(C)(C)c1cccc3c1OCO3)C2. The summed E-state index contributed by atoms with van der Waals surface area (Å²) < 4.78 is 24.3. The molecule has 3 aliphatic heterocycles. The van der Waals surface area contributed by atoms with Crippen LogP contribution in [0.3, 0.4) is 0 Å². The maximum Gasteiger partial charge on any atom is 0.231 e. The molecule has 0 bridgehead atoms. The van der Waals surface area contributed by atoms with E-state index in [1.807, 2.05) is 6.07 Å². The zero-order chi connectivity index (χ0) is 29.0. The minimum absolute atomic E-state index is 0.0136. The molecule has 0 saturated carbocycles. The van der Waals surface area contributed by atoms with Crippen LogP contribution < -0.4 is 18.9 Å². The maximum atomic E-state index is 6.45. The normalized spacial score (nSPS) is 20.1. The first-order chi connectivity index (χ1) is 19.4. The van der Waals surface area contributed by atoms with Crippen LogP contribution in [-0.4, -0.2) is 20.0 Å². The van der Waals surface area contributed by atoms with Gasteiger partial charge in [0, 0.05) is 5.56 Å². The van der Waals surface area contributed by atoms with Gasteiger partial charge in [-0.05, 0) is 88.2 Å². The Kier molecular flexibility index (Phi) is 7.03. The lowest BCUT2D eigenvalue weighted by molar-refractivity contribution is 0.171. The lowest BCUT2D eigenvalue weighted by Gasteiger charge is -2.37. The molecular formula is C37H46O4. The molecule has 3 aliphatic rings. The second-order valence-corrected chi connectivity index (χ2v) is 14.7. The van der Waals surface area contributed by atoms with E-state index in [1.54, 1.807) is 0 Å². The molecule has 0 fully saturated rings. The molecule has 0 spiro atoms. The molecule has 0 saturated heterocycles. The third-order valence-electron chi connectivity index (χ3n) is 9.52. The zero-order valence-electron chi connectivity index (χ0n) is 25.9. The Bertz CT molecular complexity index is 1430. The van der Waals surface area contributed by atoms with Crippen molar-refractivity contribution in [1.29, 1.82) is 0 Å². The summed E-state index contributed by atoms with van der Waals surface area (Å²) in [6.07, 6.45) is 4.20. The summed E-state index contributed by atoms with van der Waals surface area (Å²) >= 11 is 0. The second-order valence-electron chi connectivity index (χ2n) is 14.7. The van der Waals surface area contributed by atoms with E-state index in [9.17, 15) is 0 Å². The molecule has 4 heteroatoms. The lowest BCUT2D eigenvalue weighted by Crippen LogP contribution is -2.30. The van der Waals surface area contributed by atoms with Crippen molar-refractivity contribution in [3.8, 4) is 23.0 Å². The van der Waals surface area contributed by atoms with Gasteiger partial charge in [0.15, 0.2) is 11.5 Å². The van der Waals surface area contributed by atoms with Crippen LogP contribution in [0.15, 0.2) is 54.6 Å². The van der Waals surface area contributed by atoms with Crippen LogP contribution in [0.1, 0.15) is 101 Å². The van der Waals surface area contributed by atoms with Gasteiger partial charge < -0.3 is 18.9 Å². The van der Waals surface area contributed by atoms with Crippen LogP contribution in [0.2, 0.25) is 0 Å². The molecule has 3 aromatic carbocycles. The van der Waals surface area contributed by atoms with Gasteiger partial charge in [0.05, 0.1) is 13.2 Å². The molecule has 0 radical (unpaired) electrons. The van der Waals surface area contributed by atoms with Crippen LogP contribution in [-0.2, 0) is 22.7 Å². The largest absolute Gasteiger partial charge is 0.493 e. The Morgan fingerprint density at radius 3 is 2.29 bits per heavy atom. The molecule has 218 valence electrons. The Labute approximate surface area is 246 Å². The van der Waals surface area contributed by atoms with Crippen LogP contribution in [0, 0.1) is 5.92 Å². The highest BCUT2D eigenvalue weighted by Gasteiger charge is 2.36. The minimum atomic E-state index is -0.0552. The molecule has 6 rings (SSSR count). The third kappa shape index (κ3) is 5.43. The quantitative estimate of drug-likeness (QED) is 0.305. The van der Waals surface area contributed by atoms with Crippen molar-refractivity contribution in [3.05, 3.63) is 82.4 Å². The van der Waals surface area contributed by atoms with E-state index in [-0.39, 0.29) is 16.2 Å². The van der Waals surface area contributed by atoms with Gasteiger partial charge >= 0.3 is 0 Å². The minimum Gasteiger partial charge on any atom is -0.493 e. The van der Waals surface area contributed by atoms with Crippen molar-refractivity contribution in [1.82, 2.24) is 0 Å². The summed E-state index contributed by atoms with van der Waals surface area (Å²) in [5, 5.41) is 0. The summed E-state index contributed by atoms with van der Waals surface area (Å²) in [5.41, 5.74) is 6.61. The Balaban J connectivity index is 1.19. The highest BCUT2D eigenvalue weighted by molar-refractivity contribution is 5.52. The predicted molar refractivity (Wildman–Crippen MR) is 165 cm³/mol. The van der Waals surface area contributed by atoms with Gasteiger partial charge in [-0.2, -0.15) is 0 Å². The molecule has 0 amide bonds. The standard InChI is InChI=1S/C37H46O4/c1-35(2,3)29-11-8-10-25-18-24(22-39-33(25)29)20-36(4,5)27-14-15-28-26(16-17-38-32(28)19-27)21-37(6,7)30-12-9-13-31-34(30)41-23-40-31/h8-15,19,24,26H,16-18,20-23H2,1-7H3. The number of hydrogen-bond acceptors (Lipinski definition) is 4. The van der Waals surface area contributed by atoms with E-state index >= 15 is 0 Å². The van der Waals surface area contributed by atoms with Crippen molar-refractivity contribution in [2.45, 2.75) is 96.3 Å². The number of ether oxygens (including phenoxy) is 4. The fourth-order valence-corrected chi connectivity index (χ4v) is 7.33. The van der Waals surface area contributed by atoms with Crippen molar-refractivity contribution in [2.24, 2.45) is 5.92 Å². The fourth-order valence-electron chi connectivity index (χ4n) is 7.33. The number of hydrogen-bond donors (Lipinski definition) is 0. The average Bonchev–Trinajstić information content (AvgIpc) is 3.41. The smallest absolute Gasteiger partial charge is 0.231 e. The third-order valence-corrected chi connectivity index (χ3v) is 9.52. The van der Waals surface area contributed by atoms with Gasteiger partial charge in [-0.15, -0.1) is 0 Å². The first-order valence-corrected chi connectivity index (χ1v) is 15.3. The first kappa shape index (κ1) is 28.0. The lowest BCUT2D eigenvalue weighted by atomic mass is 9.72. The van der Waals surface area contributed by atoms with E-state index in [4.69, 9.17) is 18.9 Å². The van der Waals surface area contributed by atoms with Gasteiger partial charge in [0.1, 0.15) is 11.5 Å². The Morgan fingerprint density at radius 2 is 1.49 bits per heavy atom. The van der Waals surface area contributed by atoms with Crippen LogP contribution in [0.25, 0.3) is 0 Å². The first-order valence-electron chi connectivity index (χ1n) is 15.3. The molecule has 4 nitrogen and oxygen atoms in total. The van der Waals surface area contributed by atoms with E-state index in [1.165, 1.54) is 27.8 Å². The van der Waals surface area contributed by atoms with Crippen molar-refractivity contribution >= 4 is 0 Å². The molecule has 0 aromatic heterocycles. The molecule has 3 heterocycles. The number of benzene rings is 3. The number of para-hydroxylation sites is 2. The number of fused-ring (bicyclic) bond motifs is 3. The molecule has 2 atom stereocenters. The summed E-state index contributed by atoms with van der Waals surface area (Å²) in [6.45, 7) is 18.0. The van der Waals surface area contributed by atoms with Gasteiger partial charge in [-0.1, -0.05) is 90.9 Å². The Hall–Kier alpha value is -3.14. The predicted octanol–water partition coefficient (Wildman–Crippen LogP) is 8.87. The highest BCUT2D eigenvalue weighted by atomic mass is 16.7. The topological polar surface area (TPSA) is 36.9 Å². The number of rotatable bonds is 6. The summed E-state index contributed by atoms with van der Waals surface area (Å²) in [5.74, 6) is 4.86. The fraction of sp³-hybridized carbons (Fsp3) is 0.514. The van der Waals surface area contributed by atoms with E-state index in [0.717, 1.165) is 61.9 Å². The van der Waals surface area contributed by atoms with Crippen LogP contribution in [0.4, 0.5) is 0 Å². The molecule has 0 aliphatic carbocycles. The van der Waals surface area contributed by atoms with Crippen LogP contribution >= 0.6 is 0 Å². The summed E-state index contributed by atoms with van der Waals surface area (Å²) in [6, 6.07) is 19.9. The molecule has 3 aromatic rings. The molecule has 2 unspecified atom stereocenters. The molecule has 41 heavy (non-hydrogen) atoms. The van der Waals surface area contributed by atoms with E-state index in [2.05, 4.69) is 97.0 Å². The molecular weight excluding hydrogens is 508 g/mol. The maximum absolute atomic E-state index is 6.45. The van der Waals surface area contributed by atoms with Gasteiger partial charge in [0.2, 0.25) is 6.79 Å². The average molecular weight is 555 g/mol. The monoisotopic (exact) mass is 554 g/mol. The van der Waals surface area contributed by atoms with Crippen molar-refractivity contribution in [3.63, 3.8) is 0 Å². The second kappa shape index (κ2) is 10.3. The van der Waals surface area contributed by atoms with Crippen molar-refractivity contribution < 1.29 is 18.9 Å². The summed E-state index contributed by atoms with van der Waals surface area (Å²) in [7, 11) is 0. The van der Waals surface area contributed by atoms with Gasteiger partial charge in [0.25, 0.3) is 0 Å². The highest BCUT2D eigenvalue weighted by Crippen LogP contribution is 2.48. The summed E-state index contributed by atoms with van der Waals surface area (Å²) in [4.78, 5) is 0. The van der Waals surface area contributed by atoms with Crippen molar-refractivity contribution in [2.75, 3.05) is 20.0 Å². The van der Waals surface area contributed by atoms with Crippen LogP contribution in [0.5, 0.6) is 23.0 Å².